The second-order valence-electron chi connectivity index (χ2n) is 4.61. The first-order chi connectivity index (χ1) is 10.6. The Hall–Kier alpha value is -2.67. The molecule has 6 nitrogen and oxygen atoms in total. The SMILES string of the molecule is COc1cccc2cc(Cc3ccc([N+](=O)[O-])s3)c(=O)oc12. The normalized spacial score (nSPS) is 10.8. The van der Waals surface area contributed by atoms with E-state index in [9.17, 15) is 14.9 Å². The summed E-state index contributed by atoms with van der Waals surface area (Å²) >= 11 is 1.05. The molecule has 0 amide bonds. The molecule has 0 aliphatic carbocycles. The van der Waals surface area contributed by atoms with Gasteiger partial charge >= 0.3 is 10.6 Å². The topological polar surface area (TPSA) is 82.6 Å². The largest absolute Gasteiger partial charge is 0.493 e. The predicted octanol–water partition coefficient (Wildman–Crippen LogP) is 3.36. The van der Waals surface area contributed by atoms with E-state index >= 15 is 0 Å². The lowest BCUT2D eigenvalue weighted by atomic mass is 10.1. The van der Waals surface area contributed by atoms with Gasteiger partial charge < -0.3 is 9.15 Å². The summed E-state index contributed by atoms with van der Waals surface area (Å²) < 4.78 is 10.5. The Labute approximate surface area is 128 Å². The van der Waals surface area contributed by atoms with E-state index in [1.807, 2.05) is 6.07 Å². The van der Waals surface area contributed by atoms with Crippen LogP contribution in [0.2, 0.25) is 0 Å². The molecule has 0 aliphatic rings. The fourth-order valence-corrected chi connectivity index (χ4v) is 3.03. The van der Waals surface area contributed by atoms with Gasteiger partial charge in [0.25, 0.3) is 0 Å². The maximum Gasteiger partial charge on any atom is 0.339 e. The molecule has 0 saturated carbocycles. The minimum absolute atomic E-state index is 0.0573. The van der Waals surface area contributed by atoms with Gasteiger partial charge in [-0.2, -0.15) is 0 Å². The number of fused-ring (bicyclic) bond motifs is 1. The average Bonchev–Trinajstić information content (AvgIpc) is 2.96. The smallest absolute Gasteiger partial charge is 0.339 e. The fourth-order valence-electron chi connectivity index (χ4n) is 2.19. The van der Waals surface area contributed by atoms with E-state index in [0.29, 0.717) is 23.3 Å². The van der Waals surface area contributed by atoms with E-state index in [-0.39, 0.29) is 5.00 Å². The number of nitro groups is 1. The highest BCUT2D eigenvalue weighted by molar-refractivity contribution is 7.15. The molecule has 0 fully saturated rings. The molecule has 7 heteroatoms. The maximum atomic E-state index is 12.1. The van der Waals surface area contributed by atoms with Crippen LogP contribution in [0.1, 0.15) is 10.4 Å². The third kappa shape index (κ3) is 2.58. The molecule has 22 heavy (non-hydrogen) atoms. The van der Waals surface area contributed by atoms with Gasteiger partial charge in [-0.05, 0) is 18.2 Å². The summed E-state index contributed by atoms with van der Waals surface area (Å²) in [4.78, 5) is 23.1. The number of hydrogen-bond acceptors (Lipinski definition) is 6. The molecule has 0 unspecified atom stereocenters. The van der Waals surface area contributed by atoms with Crippen molar-refractivity contribution in [3.8, 4) is 5.75 Å². The van der Waals surface area contributed by atoms with E-state index in [2.05, 4.69) is 0 Å². The molecule has 2 heterocycles. The van der Waals surface area contributed by atoms with E-state index in [1.54, 1.807) is 24.3 Å². The standard InChI is InChI=1S/C15H11NO5S/c1-20-12-4-2-3-9-7-10(15(17)21-14(9)12)8-11-5-6-13(22-11)16(18)19/h2-7H,8H2,1H3. The van der Waals surface area contributed by atoms with Crippen LogP contribution < -0.4 is 10.4 Å². The second kappa shape index (κ2) is 5.61. The van der Waals surface area contributed by atoms with E-state index in [4.69, 9.17) is 9.15 Å². The van der Waals surface area contributed by atoms with Crippen LogP contribution in [0.4, 0.5) is 5.00 Å². The Morgan fingerprint density at radius 1 is 1.32 bits per heavy atom. The molecule has 0 saturated heterocycles. The van der Waals surface area contributed by atoms with Crippen molar-refractivity contribution in [1.29, 1.82) is 0 Å². The van der Waals surface area contributed by atoms with Crippen molar-refractivity contribution in [3.05, 3.63) is 67.4 Å². The monoisotopic (exact) mass is 317 g/mol. The van der Waals surface area contributed by atoms with Gasteiger partial charge in [0.15, 0.2) is 11.3 Å². The number of nitrogens with zero attached hydrogens (tertiary/aromatic N) is 1. The Balaban J connectivity index is 2.02. The molecule has 0 atom stereocenters. The zero-order valence-electron chi connectivity index (χ0n) is 11.6. The quantitative estimate of drug-likeness (QED) is 0.418. The number of para-hydroxylation sites is 1. The molecular formula is C15H11NO5S. The summed E-state index contributed by atoms with van der Waals surface area (Å²) in [7, 11) is 1.51. The van der Waals surface area contributed by atoms with Crippen LogP contribution in [0.3, 0.4) is 0 Å². The molecule has 0 bridgehead atoms. The zero-order chi connectivity index (χ0) is 15.7. The molecule has 1 aromatic carbocycles. The molecule has 2 aromatic heterocycles. The van der Waals surface area contributed by atoms with Crippen molar-refractivity contribution >= 4 is 27.3 Å². The van der Waals surface area contributed by atoms with Crippen molar-refractivity contribution in [2.45, 2.75) is 6.42 Å². The average molecular weight is 317 g/mol. The van der Waals surface area contributed by atoms with Crippen molar-refractivity contribution < 1.29 is 14.1 Å². The summed E-state index contributed by atoms with van der Waals surface area (Å²) in [6, 6.07) is 10.2. The van der Waals surface area contributed by atoms with Gasteiger partial charge in [-0.25, -0.2) is 4.79 Å². The third-order valence-corrected chi connectivity index (χ3v) is 4.24. The van der Waals surface area contributed by atoms with Gasteiger partial charge in [0.05, 0.1) is 12.0 Å². The van der Waals surface area contributed by atoms with Crippen LogP contribution in [-0.2, 0) is 6.42 Å². The van der Waals surface area contributed by atoms with E-state index in [0.717, 1.165) is 21.6 Å². The van der Waals surface area contributed by atoms with Gasteiger partial charge in [0.1, 0.15) is 0 Å². The minimum Gasteiger partial charge on any atom is -0.493 e. The van der Waals surface area contributed by atoms with Crippen molar-refractivity contribution in [1.82, 2.24) is 0 Å². The Kier molecular flexibility index (Phi) is 3.64. The first-order valence-corrected chi connectivity index (χ1v) is 7.23. The van der Waals surface area contributed by atoms with Crippen LogP contribution >= 0.6 is 11.3 Å². The van der Waals surface area contributed by atoms with Crippen molar-refractivity contribution in [3.63, 3.8) is 0 Å². The van der Waals surface area contributed by atoms with Gasteiger partial charge in [-0.1, -0.05) is 23.5 Å². The highest BCUT2D eigenvalue weighted by atomic mass is 32.1. The molecule has 0 radical (unpaired) electrons. The molecule has 0 N–H and O–H groups in total. The first kappa shape index (κ1) is 14.3. The molecule has 0 aliphatic heterocycles. The summed E-state index contributed by atoms with van der Waals surface area (Å²) in [6.45, 7) is 0. The van der Waals surface area contributed by atoms with Crippen molar-refractivity contribution in [2.75, 3.05) is 7.11 Å². The first-order valence-electron chi connectivity index (χ1n) is 6.41. The van der Waals surface area contributed by atoms with E-state index < -0.39 is 10.5 Å². The molecule has 3 aromatic rings. The lowest BCUT2D eigenvalue weighted by Crippen LogP contribution is -2.07. The fraction of sp³-hybridized carbons (Fsp3) is 0.133. The Bertz CT molecular complexity index is 912. The van der Waals surface area contributed by atoms with Crippen LogP contribution in [0, 0.1) is 10.1 Å². The van der Waals surface area contributed by atoms with Crippen LogP contribution in [0.15, 0.2) is 45.6 Å². The number of ether oxygens (including phenoxy) is 1. The van der Waals surface area contributed by atoms with Crippen LogP contribution in [0.5, 0.6) is 5.75 Å². The maximum absolute atomic E-state index is 12.1. The van der Waals surface area contributed by atoms with Crippen molar-refractivity contribution in [2.24, 2.45) is 0 Å². The molecule has 112 valence electrons. The number of thiophene rings is 1. The van der Waals surface area contributed by atoms with Gasteiger partial charge in [0.2, 0.25) is 0 Å². The lowest BCUT2D eigenvalue weighted by Gasteiger charge is -2.05. The summed E-state index contributed by atoms with van der Waals surface area (Å²) in [5.41, 5.74) is 0.390. The highest BCUT2D eigenvalue weighted by Gasteiger charge is 2.13. The highest BCUT2D eigenvalue weighted by Crippen LogP contribution is 2.28. The van der Waals surface area contributed by atoms with Crippen LogP contribution in [0.25, 0.3) is 11.0 Å². The Morgan fingerprint density at radius 2 is 2.14 bits per heavy atom. The number of methoxy groups -OCH3 is 1. The second-order valence-corrected chi connectivity index (χ2v) is 5.76. The Morgan fingerprint density at radius 3 is 2.82 bits per heavy atom. The number of rotatable bonds is 4. The zero-order valence-corrected chi connectivity index (χ0v) is 12.4. The van der Waals surface area contributed by atoms with Gasteiger partial charge in [-0.15, -0.1) is 0 Å². The summed E-state index contributed by atoms with van der Waals surface area (Å²) in [5, 5.41) is 11.5. The number of benzene rings is 1. The third-order valence-electron chi connectivity index (χ3n) is 3.21. The summed E-state index contributed by atoms with van der Waals surface area (Å²) in [5.74, 6) is 0.493. The lowest BCUT2D eigenvalue weighted by molar-refractivity contribution is -0.380. The van der Waals surface area contributed by atoms with Crippen LogP contribution in [-0.4, -0.2) is 12.0 Å². The molecular weight excluding hydrogens is 306 g/mol. The molecule has 3 rings (SSSR count). The minimum atomic E-state index is -0.465. The van der Waals surface area contributed by atoms with Gasteiger partial charge in [0, 0.05) is 28.3 Å². The molecule has 0 spiro atoms. The number of hydrogen-bond donors (Lipinski definition) is 0. The predicted molar refractivity (Wildman–Crippen MR) is 82.8 cm³/mol. The van der Waals surface area contributed by atoms with E-state index in [1.165, 1.54) is 13.2 Å². The summed E-state index contributed by atoms with van der Waals surface area (Å²) in [6.07, 6.45) is 0.300. The van der Waals surface area contributed by atoms with Gasteiger partial charge in [-0.3, -0.25) is 10.1 Å².